The highest BCUT2D eigenvalue weighted by molar-refractivity contribution is 6.32. The molecule has 2 N–H and O–H groups in total. The molecule has 142 valence electrons. The second-order valence-electron chi connectivity index (χ2n) is 7.26. The van der Waals surface area contributed by atoms with Crippen molar-refractivity contribution >= 4 is 33.4 Å². The maximum atomic E-state index is 10.7. The van der Waals surface area contributed by atoms with Crippen LogP contribution in [-0.2, 0) is 0 Å². The summed E-state index contributed by atoms with van der Waals surface area (Å²) in [7, 11) is 0. The van der Waals surface area contributed by atoms with Gasteiger partial charge >= 0.3 is 0 Å². The van der Waals surface area contributed by atoms with Crippen LogP contribution < -0.4 is 0 Å². The number of benzene rings is 3. The van der Waals surface area contributed by atoms with Crippen LogP contribution in [-0.4, -0.2) is 15.1 Å². The van der Waals surface area contributed by atoms with Gasteiger partial charge < -0.3 is 10.1 Å². The molecular formula is C25H19ClN2O. The van der Waals surface area contributed by atoms with Gasteiger partial charge in [0, 0.05) is 27.6 Å². The molecule has 0 bridgehead atoms. The van der Waals surface area contributed by atoms with E-state index in [0.717, 1.165) is 49.8 Å². The van der Waals surface area contributed by atoms with Crippen molar-refractivity contribution in [3.8, 4) is 11.1 Å². The number of fused-ring (bicyclic) bond motifs is 3. The molecule has 0 aliphatic carbocycles. The number of nitrogens with one attached hydrogen (secondary N) is 1. The summed E-state index contributed by atoms with van der Waals surface area (Å²) in [4.78, 5) is 7.93. The molecule has 5 rings (SSSR count). The lowest BCUT2D eigenvalue weighted by Crippen LogP contribution is -1.99. The third-order valence-electron chi connectivity index (χ3n) is 5.44. The van der Waals surface area contributed by atoms with Crippen LogP contribution in [0.4, 0.5) is 0 Å². The fourth-order valence-corrected chi connectivity index (χ4v) is 4.15. The van der Waals surface area contributed by atoms with Gasteiger partial charge in [-0.25, -0.2) is 0 Å². The Morgan fingerprint density at radius 3 is 2.34 bits per heavy atom. The normalized spacial score (nSPS) is 12.5. The van der Waals surface area contributed by atoms with Crippen molar-refractivity contribution in [1.82, 2.24) is 9.97 Å². The highest BCUT2D eigenvalue weighted by Crippen LogP contribution is 2.37. The lowest BCUT2D eigenvalue weighted by atomic mass is 9.97. The number of aliphatic hydroxyl groups excluding tert-OH is 1. The summed E-state index contributed by atoms with van der Waals surface area (Å²) in [5.74, 6) is 0. The molecule has 0 aliphatic heterocycles. The predicted molar refractivity (Wildman–Crippen MR) is 119 cm³/mol. The highest BCUT2D eigenvalue weighted by atomic mass is 35.5. The van der Waals surface area contributed by atoms with Gasteiger partial charge in [-0.15, -0.1) is 0 Å². The molecule has 0 aliphatic rings. The molecule has 0 radical (unpaired) electrons. The molecule has 29 heavy (non-hydrogen) atoms. The van der Waals surface area contributed by atoms with Gasteiger partial charge in [0.2, 0.25) is 0 Å². The Balaban J connectivity index is 1.62. The minimum atomic E-state index is -0.647. The molecule has 4 heteroatoms. The first kappa shape index (κ1) is 17.9. The van der Waals surface area contributed by atoms with E-state index in [9.17, 15) is 5.11 Å². The van der Waals surface area contributed by atoms with E-state index in [1.807, 2.05) is 85.9 Å². The number of aromatic nitrogens is 2. The average Bonchev–Trinajstić information content (AvgIpc) is 3.13. The van der Waals surface area contributed by atoms with Gasteiger partial charge in [-0.2, -0.15) is 0 Å². The summed E-state index contributed by atoms with van der Waals surface area (Å²) in [6, 6.07) is 23.7. The SMILES string of the molecule is Cc1nccc2c1[nH]c1c(-c3ccc(C(O)c4ccccc4)cc3)cc(Cl)cc12. The zero-order chi connectivity index (χ0) is 20.0. The standard InChI is InChI=1S/C25H19ClN2O/c1-15-23-20(11-12-27-15)22-14-19(26)13-21(24(22)28-23)16-7-9-18(10-8-16)25(29)17-5-3-2-4-6-17/h2-14,25,28-29H,1H3. The van der Waals surface area contributed by atoms with Crippen LogP contribution in [0, 0.1) is 6.92 Å². The zero-order valence-corrected chi connectivity index (χ0v) is 16.6. The van der Waals surface area contributed by atoms with E-state index in [1.165, 1.54) is 0 Å². The molecule has 0 saturated carbocycles. The van der Waals surface area contributed by atoms with Gasteiger partial charge in [0.05, 0.1) is 16.7 Å². The number of pyridine rings is 1. The first-order valence-corrected chi connectivity index (χ1v) is 9.89. The summed E-state index contributed by atoms with van der Waals surface area (Å²) in [5, 5.41) is 13.6. The van der Waals surface area contributed by atoms with Gasteiger partial charge in [-0.1, -0.05) is 66.2 Å². The molecule has 2 aromatic heterocycles. The van der Waals surface area contributed by atoms with E-state index < -0.39 is 6.10 Å². The average molecular weight is 399 g/mol. The number of nitrogens with zero attached hydrogens (tertiary/aromatic N) is 1. The molecule has 2 heterocycles. The van der Waals surface area contributed by atoms with Crippen molar-refractivity contribution in [2.24, 2.45) is 0 Å². The summed E-state index contributed by atoms with van der Waals surface area (Å²) in [6.45, 7) is 2.00. The van der Waals surface area contributed by atoms with E-state index in [-0.39, 0.29) is 0 Å². The Labute approximate surface area is 173 Å². The van der Waals surface area contributed by atoms with Crippen molar-refractivity contribution in [2.75, 3.05) is 0 Å². The van der Waals surface area contributed by atoms with E-state index in [2.05, 4.69) is 9.97 Å². The summed E-state index contributed by atoms with van der Waals surface area (Å²) >= 11 is 6.46. The Hall–Kier alpha value is -3.14. The minimum absolute atomic E-state index is 0.647. The van der Waals surface area contributed by atoms with Crippen LogP contribution in [0.25, 0.3) is 32.9 Å². The molecule has 3 aromatic carbocycles. The Bertz CT molecular complexity index is 1320. The molecule has 0 fully saturated rings. The van der Waals surface area contributed by atoms with Gasteiger partial charge in [0.15, 0.2) is 0 Å². The maximum Gasteiger partial charge on any atom is 0.104 e. The predicted octanol–water partition coefficient (Wildman–Crippen LogP) is 6.43. The quantitative estimate of drug-likeness (QED) is 0.368. The van der Waals surface area contributed by atoms with Gasteiger partial charge in [-0.3, -0.25) is 4.98 Å². The number of aromatic amines is 1. The van der Waals surface area contributed by atoms with Crippen molar-refractivity contribution in [1.29, 1.82) is 0 Å². The minimum Gasteiger partial charge on any atom is -0.384 e. The van der Waals surface area contributed by atoms with Gasteiger partial charge in [0.1, 0.15) is 6.10 Å². The van der Waals surface area contributed by atoms with Crippen LogP contribution in [0.5, 0.6) is 0 Å². The first-order chi connectivity index (χ1) is 14.1. The lowest BCUT2D eigenvalue weighted by molar-refractivity contribution is 0.220. The largest absolute Gasteiger partial charge is 0.384 e. The number of aliphatic hydroxyl groups is 1. The lowest BCUT2D eigenvalue weighted by Gasteiger charge is -2.12. The van der Waals surface area contributed by atoms with Crippen molar-refractivity contribution < 1.29 is 5.11 Å². The highest BCUT2D eigenvalue weighted by Gasteiger charge is 2.14. The van der Waals surface area contributed by atoms with Crippen LogP contribution in [0.2, 0.25) is 5.02 Å². The molecule has 5 aromatic rings. The van der Waals surface area contributed by atoms with Crippen molar-refractivity contribution in [3.05, 3.63) is 101 Å². The number of aryl methyl sites for hydroxylation is 1. The van der Waals surface area contributed by atoms with Crippen molar-refractivity contribution in [3.63, 3.8) is 0 Å². The summed E-state index contributed by atoms with van der Waals surface area (Å²) in [5.41, 5.74) is 6.84. The Morgan fingerprint density at radius 1 is 0.862 bits per heavy atom. The first-order valence-electron chi connectivity index (χ1n) is 9.52. The summed E-state index contributed by atoms with van der Waals surface area (Å²) < 4.78 is 0. The second-order valence-corrected chi connectivity index (χ2v) is 7.69. The summed E-state index contributed by atoms with van der Waals surface area (Å²) in [6.07, 6.45) is 1.18. The smallest absolute Gasteiger partial charge is 0.104 e. The third kappa shape index (κ3) is 3.09. The van der Waals surface area contributed by atoms with Gasteiger partial charge in [-0.05, 0) is 41.8 Å². The number of rotatable bonds is 3. The molecule has 1 unspecified atom stereocenters. The van der Waals surface area contributed by atoms with E-state index in [0.29, 0.717) is 5.02 Å². The molecule has 0 spiro atoms. The topological polar surface area (TPSA) is 48.9 Å². The fourth-order valence-electron chi connectivity index (χ4n) is 3.93. The Morgan fingerprint density at radius 2 is 1.59 bits per heavy atom. The number of hydrogen-bond donors (Lipinski definition) is 2. The second kappa shape index (κ2) is 7.03. The fraction of sp³-hybridized carbons (Fsp3) is 0.0800. The van der Waals surface area contributed by atoms with Crippen molar-refractivity contribution in [2.45, 2.75) is 13.0 Å². The zero-order valence-electron chi connectivity index (χ0n) is 15.9. The van der Waals surface area contributed by atoms with E-state index in [4.69, 9.17) is 11.6 Å². The van der Waals surface area contributed by atoms with Crippen LogP contribution in [0.3, 0.4) is 0 Å². The molecule has 0 saturated heterocycles. The van der Waals surface area contributed by atoms with E-state index in [1.54, 1.807) is 0 Å². The molecular weight excluding hydrogens is 380 g/mol. The van der Waals surface area contributed by atoms with Crippen LogP contribution >= 0.6 is 11.6 Å². The molecule has 0 amide bonds. The Kier molecular flexibility index (Phi) is 4.35. The van der Waals surface area contributed by atoms with Crippen LogP contribution in [0.1, 0.15) is 22.9 Å². The van der Waals surface area contributed by atoms with Gasteiger partial charge in [0.25, 0.3) is 0 Å². The number of H-pyrrole nitrogens is 1. The number of halogens is 1. The third-order valence-corrected chi connectivity index (χ3v) is 5.65. The van der Waals surface area contributed by atoms with E-state index >= 15 is 0 Å². The maximum absolute atomic E-state index is 10.7. The molecule has 1 atom stereocenters. The van der Waals surface area contributed by atoms with Crippen LogP contribution in [0.15, 0.2) is 79.0 Å². The molecule has 3 nitrogen and oxygen atoms in total. The monoisotopic (exact) mass is 398 g/mol. The number of hydrogen-bond acceptors (Lipinski definition) is 2.